The maximum atomic E-state index is 11.4. The van der Waals surface area contributed by atoms with Crippen LogP contribution in [0.15, 0.2) is 0 Å². The summed E-state index contributed by atoms with van der Waals surface area (Å²) in [5.74, 6) is -0.691. The number of nitrogens with zero attached hydrogens (tertiary/aromatic N) is 2. The van der Waals surface area contributed by atoms with Crippen LogP contribution < -0.4 is 12.4 Å². The highest BCUT2D eigenvalue weighted by molar-refractivity contribution is 5.77. The second-order valence-electron chi connectivity index (χ2n) is 6.97. The van der Waals surface area contributed by atoms with Crippen molar-refractivity contribution in [3.8, 4) is 0 Å². The smallest absolute Gasteiger partial charge is 0.306 e. The molecule has 0 aromatic heterocycles. The maximum absolute atomic E-state index is 11.4. The van der Waals surface area contributed by atoms with E-state index in [1.54, 1.807) is 0 Å². The van der Waals surface area contributed by atoms with Gasteiger partial charge >= 0.3 is 11.9 Å². The number of carbonyl (C=O) groups excluding carboxylic acids is 2. The third-order valence-electron chi connectivity index (χ3n) is 2.58. The van der Waals surface area contributed by atoms with E-state index < -0.39 is 0 Å². The van der Waals surface area contributed by atoms with Crippen LogP contribution in [0.2, 0.25) is 0 Å². The normalized spacial score (nSPS) is 11.5. The lowest BCUT2D eigenvalue weighted by Crippen LogP contribution is -3.00. The van der Waals surface area contributed by atoms with Crippen molar-refractivity contribution < 1.29 is 40.4 Å². The molecule has 0 heterocycles. The maximum Gasteiger partial charge on any atom is 0.306 e. The Morgan fingerprint density at radius 1 is 0.714 bits per heavy atom. The Labute approximate surface area is 134 Å². The predicted octanol–water partition coefficient (Wildman–Crippen LogP) is -2.73. The number of hydrogen-bond donors (Lipinski definition) is 0. The van der Waals surface area contributed by atoms with Gasteiger partial charge in [0.25, 0.3) is 0 Å². The molecule has 7 heteroatoms. The van der Waals surface area contributed by atoms with E-state index in [-0.39, 0.29) is 37.2 Å². The summed E-state index contributed by atoms with van der Waals surface area (Å²) in [7, 11) is 12.2. The highest BCUT2D eigenvalue weighted by Gasteiger charge is 2.13. The summed E-state index contributed by atoms with van der Waals surface area (Å²) in [5, 5.41) is 0. The molecule has 21 heavy (non-hydrogen) atoms. The Balaban J connectivity index is 0. The van der Waals surface area contributed by atoms with E-state index in [1.807, 2.05) is 42.3 Å². The fourth-order valence-corrected chi connectivity index (χ4v) is 1.22. The van der Waals surface area contributed by atoms with Crippen LogP contribution in [0, 0.1) is 0 Å². The van der Waals surface area contributed by atoms with Gasteiger partial charge < -0.3 is 30.8 Å². The fourth-order valence-electron chi connectivity index (χ4n) is 1.22. The molecule has 0 rings (SSSR count). The van der Waals surface area contributed by atoms with Crippen molar-refractivity contribution in [1.29, 1.82) is 0 Å². The Morgan fingerprint density at radius 2 is 1.00 bits per heavy atom. The van der Waals surface area contributed by atoms with Gasteiger partial charge in [0, 0.05) is 0 Å². The van der Waals surface area contributed by atoms with Crippen LogP contribution in [0.3, 0.4) is 0 Å². The molecule has 0 aliphatic rings. The van der Waals surface area contributed by atoms with E-state index in [0.717, 1.165) is 22.1 Å². The summed E-state index contributed by atoms with van der Waals surface area (Å²) in [6.07, 6.45) is 0.167. The Kier molecular flexibility index (Phi) is 10.7. The van der Waals surface area contributed by atoms with Crippen molar-refractivity contribution >= 4 is 11.9 Å². The van der Waals surface area contributed by atoms with E-state index in [2.05, 4.69) is 0 Å². The van der Waals surface area contributed by atoms with Crippen molar-refractivity contribution in [2.24, 2.45) is 0 Å². The van der Waals surface area contributed by atoms with E-state index in [1.165, 1.54) is 0 Å². The average molecular weight is 326 g/mol. The van der Waals surface area contributed by atoms with Crippen molar-refractivity contribution in [2.45, 2.75) is 12.8 Å². The Morgan fingerprint density at radius 3 is 1.24 bits per heavy atom. The highest BCUT2D eigenvalue weighted by Crippen LogP contribution is 1.98. The number of quaternary nitrogens is 2. The van der Waals surface area contributed by atoms with Gasteiger partial charge in [-0.05, 0) is 0 Å². The van der Waals surface area contributed by atoms with E-state index >= 15 is 0 Å². The first kappa shape index (κ1) is 22.4. The molecule has 0 atom stereocenters. The van der Waals surface area contributed by atoms with Crippen molar-refractivity contribution in [1.82, 2.24) is 0 Å². The van der Waals surface area contributed by atoms with Gasteiger partial charge in [-0.3, -0.25) is 9.59 Å². The zero-order valence-electron chi connectivity index (χ0n) is 14.1. The van der Waals surface area contributed by atoms with E-state index in [0.29, 0.717) is 13.2 Å². The first-order valence-corrected chi connectivity index (χ1v) is 6.92. The number of hydrogen-bond acceptors (Lipinski definition) is 4. The molecule has 0 amide bonds. The van der Waals surface area contributed by atoms with Crippen LogP contribution in [0.25, 0.3) is 0 Å². The molecule has 0 radical (unpaired) electrons. The van der Waals surface area contributed by atoms with Gasteiger partial charge in [-0.2, -0.15) is 0 Å². The zero-order chi connectivity index (χ0) is 15.8. The van der Waals surface area contributed by atoms with Crippen LogP contribution in [-0.2, 0) is 19.1 Å². The lowest BCUT2D eigenvalue weighted by atomic mass is 10.3. The molecule has 0 bridgehead atoms. The molecule has 0 saturated carbocycles. The van der Waals surface area contributed by atoms with Crippen LogP contribution in [-0.4, -0.2) is 89.5 Å². The Hall–Kier alpha value is -0.850. The number of esters is 2. The van der Waals surface area contributed by atoms with Crippen LogP contribution in [0.1, 0.15) is 12.8 Å². The molecule has 0 N–H and O–H groups in total. The average Bonchev–Trinajstić information content (AvgIpc) is 2.22. The van der Waals surface area contributed by atoms with Gasteiger partial charge in [-0.15, -0.1) is 0 Å². The molecule has 0 aliphatic heterocycles. The van der Waals surface area contributed by atoms with Crippen molar-refractivity contribution in [3.05, 3.63) is 0 Å². The zero-order valence-corrected chi connectivity index (χ0v) is 14.9. The second kappa shape index (κ2) is 9.97. The highest BCUT2D eigenvalue weighted by atomic mass is 35.5. The van der Waals surface area contributed by atoms with Crippen LogP contribution >= 0.6 is 0 Å². The summed E-state index contributed by atoms with van der Waals surface area (Å²) in [4.78, 5) is 22.9. The number of likely N-dealkylation sites (N-methyl/N-ethyl adjacent to an activating group) is 2. The lowest BCUT2D eigenvalue weighted by Gasteiger charge is -2.23. The standard InChI is InChI=1S/C14H30N2O4.ClH/c1-15(2,3)9-11-19-13(17)7-8-14(18)20-12-10-16(4,5)6;/h7-12H2,1-6H3;1H/q+2;/p-1. The summed E-state index contributed by atoms with van der Waals surface area (Å²) >= 11 is 0. The monoisotopic (exact) mass is 325 g/mol. The third kappa shape index (κ3) is 17.1. The van der Waals surface area contributed by atoms with Gasteiger partial charge in [-0.25, -0.2) is 0 Å². The SMILES string of the molecule is C[N+](C)(C)CCOC(=O)CCC(=O)OCC[N+](C)(C)C.[Cl-]. The van der Waals surface area contributed by atoms with Gasteiger partial charge in [-0.1, -0.05) is 0 Å². The van der Waals surface area contributed by atoms with Crippen LogP contribution in [0.4, 0.5) is 0 Å². The molecule has 0 aromatic carbocycles. The minimum atomic E-state index is -0.345. The quantitative estimate of drug-likeness (QED) is 0.341. The van der Waals surface area contributed by atoms with Gasteiger partial charge in [0.2, 0.25) is 0 Å². The van der Waals surface area contributed by atoms with Gasteiger partial charge in [0.1, 0.15) is 26.3 Å². The van der Waals surface area contributed by atoms with Crippen molar-refractivity contribution in [2.75, 3.05) is 68.6 Å². The fraction of sp³-hybridized carbons (Fsp3) is 0.857. The van der Waals surface area contributed by atoms with E-state index in [4.69, 9.17) is 9.47 Å². The predicted molar refractivity (Wildman–Crippen MR) is 77.0 cm³/mol. The molecule has 0 spiro atoms. The topological polar surface area (TPSA) is 52.6 Å². The number of halogens is 1. The summed E-state index contributed by atoms with van der Waals surface area (Å²) < 4.78 is 11.6. The molecule has 6 nitrogen and oxygen atoms in total. The second-order valence-corrected chi connectivity index (χ2v) is 6.97. The summed E-state index contributed by atoms with van der Waals surface area (Å²) in [5.41, 5.74) is 0. The molecule has 0 saturated heterocycles. The van der Waals surface area contributed by atoms with Crippen molar-refractivity contribution in [3.63, 3.8) is 0 Å². The molecular weight excluding hydrogens is 296 g/mol. The first-order valence-electron chi connectivity index (χ1n) is 6.92. The van der Waals surface area contributed by atoms with Gasteiger partial charge in [0.05, 0.1) is 55.1 Å². The summed E-state index contributed by atoms with van der Waals surface area (Å²) in [6.45, 7) is 2.25. The largest absolute Gasteiger partial charge is 1.00 e. The molecule has 0 aromatic rings. The number of carbonyl (C=O) groups is 2. The molecule has 0 aliphatic carbocycles. The summed E-state index contributed by atoms with van der Waals surface area (Å²) in [6, 6.07) is 0. The first-order chi connectivity index (χ1) is 8.99. The van der Waals surface area contributed by atoms with Crippen LogP contribution in [0.5, 0.6) is 0 Å². The molecule has 126 valence electrons. The lowest BCUT2D eigenvalue weighted by molar-refractivity contribution is -0.870. The van der Waals surface area contributed by atoms with Gasteiger partial charge in [0.15, 0.2) is 0 Å². The minimum absolute atomic E-state index is 0. The third-order valence-corrected chi connectivity index (χ3v) is 2.58. The molecule has 0 fully saturated rings. The molecular formula is C14H30ClN2O4+. The number of rotatable bonds is 9. The van der Waals surface area contributed by atoms with E-state index in [9.17, 15) is 9.59 Å². The Bertz CT molecular complexity index is 290. The molecule has 0 unspecified atom stereocenters. The number of ether oxygens (including phenoxy) is 2. The minimum Gasteiger partial charge on any atom is -1.00 e.